The van der Waals surface area contributed by atoms with Crippen molar-refractivity contribution in [1.29, 1.82) is 0 Å². The lowest BCUT2D eigenvalue weighted by Crippen LogP contribution is -2.13. The first-order chi connectivity index (χ1) is 9.20. The van der Waals surface area contributed by atoms with Crippen LogP contribution in [0.1, 0.15) is 23.0 Å². The number of benzene rings is 1. The number of hydrogen-bond acceptors (Lipinski definition) is 4. The summed E-state index contributed by atoms with van der Waals surface area (Å²) in [6.07, 6.45) is 0.368. The Kier molecular flexibility index (Phi) is 4.30. The lowest BCUT2D eigenvalue weighted by molar-refractivity contribution is -0.115. The van der Waals surface area contributed by atoms with Gasteiger partial charge in [0.1, 0.15) is 4.88 Å². The summed E-state index contributed by atoms with van der Waals surface area (Å²) in [6.45, 7) is 1.76. The lowest BCUT2D eigenvalue weighted by atomic mass is 10.3. The average Bonchev–Trinajstić information content (AvgIpc) is 2.95. The highest BCUT2D eigenvalue weighted by atomic mass is 32.1. The van der Waals surface area contributed by atoms with Crippen LogP contribution in [0, 0.1) is 0 Å². The number of rotatable bonds is 4. The second-order valence-corrected chi connectivity index (χ2v) is 4.71. The highest BCUT2D eigenvalue weighted by molar-refractivity contribution is 7.12. The Hall–Kier alpha value is -2.14. The zero-order valence-corrected chi connectivity index (χ0v) is 11.2. The summed E-state index contributed by atoms with van der Waals surface area (Å²) in [4.78, 5) is 23.8. The van der Waals surface area contributed by atoms with Gasteiger partial charge in [0.05, 0.1) is 5.69 Å². The van der Waals surface area contributed by atoms with Crippen LogP contribution in [0.25, 0.3) is 0 Å². The summed E-state index contributed by atoms with van der Waals surface area (Å²) in [5.41, 5.74) is 0.499. The number of esters is 1. The van der Waals surface area contributed by atoms with Gasteiger partial charge in [-0.25, -0.2) is 4.79 Å². The smallest absolute Gasteiger partial charge is 0.353 e. The Morgan fingerprint density at radius 2 is 2.00 bits per heavy atom. The average molecular weight is 275 g/mol. The van der Waals surface area contributed by atoms with E-state index >= 15 is 0 Å². The molecule has 0 atom stereocenters. The number of carbonyl (C=O) groups is 2. The molecule has 0 saturated heterocycles. The molecule has 2 rings (SSSR count). The highest BCUT2D eigenvalue weighted by Gasteiger charge is 2.13. The van der Waals surface area contributed by atoms with E-state index in [-0.39, 0.29) is 5.91 Å². The molecular weight excluding hydrogens is 262 g/mol. The molecule has 0 fully saturated rings. The van der Waals surface area contributed by atoms with Crippen molar-refractivity contribution in [2.24, 2.45) is 0 Å². The zero-order chi connectivity index (χ0) is 13.7. The first kappa shape index (κ1) is 13.3. The van der Waals surface area contributed by atoms with E-state index in [9.17, 15) is 9.59 Å². The predicted molar refractivity (Wildman–Crippen MR) is 74.6 cm³/mol. The van der Waals surface area contributed by atoms with Crippen LogP contribution < -0.4 is 10.1 Å². The van der Waals surface area contributed by atoms with E-state index in [1.165, 1.54) is 11.3 Å². The van der Waals surface area contributed by atoms with Crippen molar-refractivity contribution >= 4 is 28.9 Å². The van der Waals surface area contributed by atoms with Crippen molar-refractivity contribution in [2.75, 3.05) is 5.32 Å². The van der Waals surface area contributed by atoms with Crippen molar-refractivity contribution in [2.45, 2.75) is 13.3 Å². The fourth-order valence-electron chi connectivity index (χ4n) is 1.44. The van der Waals surface area contributed by atoms with Crippen molar-refractivity contribution in [1.82, 2.24) is 0 Å². The van der Waals surface area contributed by atoms with Crippen molar-refractivity contribution in [3.8, 4) is 5.75 Å². The lowest BCUT2D eigenvalue weighted by Gasteiger charge is -2.10. The molecule has 0 bridgehead atoms. The van der Waals surface area contributed by atoms with Gasteiger partial charge in [-0.05, 0) is 23.6 Å². The van der Waals surface area contributed by atoms with Gasteiger partial charge < -0.3 is 10.1 Å². The minimum Gasteiger partial charge on any atom is -0.420 e. The fraction of sp³-hybridized carbons (Fsp3) is 0.143. The summed E-state index contributed by atoms with van der Waals surface area (Å²) in [5, 5.41) is 4.50. The first-order valence-corrected chi connectivity index (χ1v) is 6.73. The second kappa shape index (κ2) is 6.15. The molecule has 0 unspecified atom stereocenters. The van der Waals surface area contributed by atoms with Crippen LogP contribution in [0.4, 0.5) is 5.69 Å². The summed E-state index contributed by atoms with van der Waals surface area (Å²) >= 11 is 1.31. The molecule has 1 heterocycles. The van der Waals surface area contributed by atoms with E-state index in [0.717, 1.165) is 0 Å². The second-order valence-electron chi connectivity index (χ2n) is 3.76. The van der Waals surface area contributed by atoms with Crippen LogP contribution in [-0.4, -0.2) is 11.9 Å². The normalized spacial score (nSPS) is 9.95. The summed E-state index contributed by atoms with van der Waals surface area (Å²) < 4.78 is 5.29. The Labute approximate surface area is 115 Å². The predicted octanol–water partition coefficient (Wildman–Crippen LogP) is 3.32. The highest BCUT2D eigenvalue weighted by Crippen LogP contribution is 2.25. The minimum absolute atomic E-state index is 0.125. The molecule has 0 saturated carbocycles. The standard InChI is InChI=1S/C14H13NO3S/c1-2-13(16)15-10-6-3-4-7-11(10)18-14(17)12-8-5-9-19-12/h3-9H,2H2,1H3,(H,15,16). The number of carbonyl (C=O) groups excluding carboxylic acids is 2. The third-order valence-electron chi connectivity index (χ3n) is 2.41. The van der Waals surface area contributed by atoms with E-state index in [1.54, 1.807) is 48.7 Å². The Morgan fingerprint density at radius 1 is 1.21 bits per heavy atom. The number of hydrogen-bond donors (Lipinski definition) is 1. The van der Waals surface area contributed by atoms with E-state index in [4.69, 9.17) is 4.74 Å². The molecule has 0 radical (unpaired) electrons. The SMILES string of the molecule is CCC(=O)Nc1ccccc1OC(=O)c1cccs1. The Morgan fingerprint density at radius 3 is 2.68 bits per heavy atom. The maximum absolute atomic E-state index is 11.9. The molecule has 1 amide bonds. The van der Waals surface area contributed by atoms with E-state index < -0.39 is 5.97 Å². The number of anilines is 1. The van der Waals surface area contributed by atoms with Gasteiger partial charge in [0.15, 0.2) is 5.75 Å². The van der Waals surface area contributed by atoms with Crippen molar-refractivity contribution in [3.05, 3.63) is 46.7 Å². The van der Waals surface area contributed by atoms with Gasteiger partial charge in [-0.1, -0.05) is 25.1 Å². The molecule has 1 aromatic carbocycles. The molecule has 2 aromatic rings. The molecule has 1 aromatic heterocycles. The Bertz CT molecular complexity index is 578. The van der Waals surface area contributed by atoms with Gasteiger partial charge in [0.2, 0.25) is 5.91 Å². The number of amides is 1. The van der Waals surface area contributed by atoms with Crippen LogP contribution in [0.2, 0.25) is 0 Å². The number of nitrogens with one attached hydrogen (secondary N) is 1. The van der Waals surface area contributed by atoms with Gasteiger partial charge >= 0.3 is 5.97 Å². The summed E-state index contributed by atoms with van der Waals surface area (Å²) in [7, 11) is 0. The molecule has 1 N–H and O–H groups in total. The van der Waals surface area contributed by atoms with Gasteiger partial charge in [0.25, 0.3) is 0 Å². The van der Waals surface area contributed by atoms with Crippen LogP contribution in [0.5, 0.6) is 5.75 Å². The molecule has 4 nitrogen and oxygen atoms in total. The van der Waals surface area contributed by atoms with Gasteiger partial charge in [0, 0.05) is 6.42 Å². The molecule has 98 valence electrons. The minimum atomic E-state index is -0.423. The topological polar surface area (TPSA) is 55.4 Å². The Balaban J connectivity index is 2.16. The van der Waals surface area contributed by atoms with Crippen LogP contribution in [0.3, 0.4) is 0 Å². The maximum atomic E-state index is 11.9. The fourth-order valence-corrected chi connectivity index (χ4v) is 2.04. The third kappa shape index (κ3) is 3.42. The molecule has 0 aliphatic carbocycles. The van der Waals surface area contributed by atoms with E-state index in [0.29, 0.717) is 22.7 Å². The molecule has 0 aliphatic rings. The maximum Gasteiger partial charge on any atom is 0.353 e. The third-order valence-corrected chi connectivity index (χ3v) is 3.26. The molecule has 19 heavy (non-hydrogen) atoms. The van der Waals surface area contributed by atoms with Crippen LogP contribution in [0.15, 0.2) is 41.8 Å². The molecule has 0 aliphatic heterocycles. The van der Waals surface area contributed by atoms with Gasteiger partial charge in [-0.3, -0.25) is 4.79 Å². The van der Waals surface area contributed by atoms with Crippen LogP contribution in [-0.2, 0) is 4.79 Å². The van der Waals surface area contributed by atoms with E-state index in [1.807, 2.05) is 0 Å². The largest absolute Gasteiger partial charge is 0.420 e. The van der Waals surface area contributed by atoms with Crippen molar-refractivity contribution < 1.29 is 14.3 Å². The summed E-state index contributed by atoms with van der Waals surface area (Å²) in [5.74, 6) is -0.199. The number of para-hydroxylation sites is 2. The molecule has 5 heteroatoms. The van der Waals surface area contributed by atoms with Gasteiger partial charge in [-0.2, -0.15) is 0 Å². The van der Waals surface area contributed by atoms with Gasteiger partial charge in [-0.15, -0.1) is 11.3 Å². The van der Waals surface area contributed by atoms with Crippen LogP contribution >= 0.6 is 11.3 Å². The van der Waals surface area contributed by atoms with Crippen molar-refractivity contribution in [3.63, 3.8) is 0 Å². The number of ether oxygens (including phenoxy) is 1. The first-order valence-electron chi connectivity index (χ1n) is 5.85. The van der Waals surface area contributed by atoms with E-state index in [2.05, 4.69) is 5.32 Å². The number of thiophene rings is 1. The monoisotopic (exact) mass is 275 g/mol. The molecular formula is C14H13NO3S. The quantitative estimate of drug-likeness (QED) is 0.688. The zero-order valence-electron chi connectivity index (χ0n) is 10.4. The summed E-state index contributed by atoms with van der Waals surface area (Å²) in [6, 6.07) is 10.3. The molecule has 0 spiro atoms.